The first-order chi connectivity index (χ1) is 14.7. The van der Waals surface area contributed by atoms with E-state index in [0.717, 1.165) is 46.9 Å². The predicted molar refractivity (Wildman–Crippen MR) is 118 cm³/mol. The zero-order valence-electron chi connectivity index (χ0n) is 16.5. The van der Waals surface area contributed by atoms with Gasteiger partial charge in [0.05, 0.1) is 5.69 Å². The van der Waals surface area contributed by atoms with E-state index >= 15 is 0 Å². The van der Waals surface area contributed by atoms with Gasteiger partial charge in [0.1, 0.15) is 5.75 Å². The third kappa shape index (κ3) is 4.37. The van der Waals surface area contributed by atoms with Gasteiger partial charge in [0.2, 0.25) is 0 Å². The molecule has 0 saturated heterocycles. The van der Waals surface area contributed by atoms with Gasteiger partial charge in [0.15, 0.2) is 5.75 Å². The van der Waals surface area contributed by atoms with Crippen LogP contribution < -0.4 is 9.62 Å². The Morgan fingerprint density at radius 1 is 0.967 bits per heavy atom. The van der Waals surface area contributed by atoms with Crippen LogP contribution in [0.5, 0.6) is 17.5 Å². The van der Waals surface area contributed by atoms with Crippen molar-refractivity contribution >= 4 is 22.4 Å². The first kappa shape index (κ1) is 20.1. The van der Waals surface area contributed by atoms with Crippen LogP contribution in [0.25, 0.3) is 21.9 Å². The second kappa shape index (κ2) is 9.11. The van der Waals surface area contributed by atoms with E-state index in [1.807, 2.05) is 30.3 Å². The van der Waals surface area contributed by atoms with Crippen LogP contribution in [0.3, 0.4) is 0 Å². The third-order valence-corrected chi connectivity index (χ3v) is 5.14. The van der Waals surface area contributed by atoms with E-state index < -0.39 is 0 Å². The molecule has 152 valence electrons. The molecule has 0 aliphatic heterocycles. The fourth-order valence-corrected chi connectivity index (χ4v) is 3.49. The Labute approximate surface area is 179 Å². The van der Waals surface area contributed by atoms with Crippen molar-refractivity contribution in [2.75, 3.05) is 0 Å². The normalized spacial score (nSPS) is 10.9. The number of nitrogens with zero attached hydrogens (tertiary/aromatic N) is 2. The summed E-state index contributed by atoms with van der Waals surface area (Å²) in [6.07, 6.45) is 4.65. The molecule has 0 aliphatic carbocycles. The topological polar surface area (TPSA) is 64.5 Å². The zero-order chi connectivity index (χ0) is 20.9. The SMILES string of the molecule is CCCCc1nc(Oc2ccc(Cl)cc2)ncc1-c1cccc2ccc(OO)cc12. The van der Waals surface area contributed by atoms with E-state index in [1.165, 1.54) is 0 Å². The lowest BCUT2D eigenvalue weighted by Crippen LogP contribution is -2.00. The first-order valence-corrected chi connectivity index (χ1v) is 10.2. The van der Waals surface area contributed by atoms with Crippen LogP contribution in [0.1, 0.15) is 25.5 Å². The molecule has 0 amide bonds. The summed E-state index contributed by atoms with van der Waals surface area (Å²) in [7, 11) is 0. The number of aromatic nitrogens is 2. The molecule has 6 heteroatoms. The summed E-state index contributed by atoms with van der Waals surface area (Å²) in [6.45, 7) is 2.15. The maximum atomic E-state index is 9.07. The molecular formula is C24H21ClN2O3. The maximum absolute atomic E-state index is 9.07. The van der Waals surface area contributed by atoms with E-state index in [2.05, 4.69) is 16.8 Å². The minimum Gasteiger partial charge on any atom is -0.424 e. The number of unbranched alkanes of at least 4 members (excludes halogenated alkanes) is 1. The van der Waals surface area contributed by atoms with Crippen molar-refractivity contribution in [3.8, 4) is 28.6 Å². The van der Waals surface area contributed by atoms with Gasteiger partial charge in [-0.05, 0) is 65.6 Å². The monoisotopic (exact) mass is 420 g/mol. The number of hydrogen-bond donors (Lipinski definition) is 1. The Bertz CT molecular complexity index is 1160. The molecule has 1 aromatic heterocycles. The van der Waals surface area contributed by atoms with Gasteiger partial charge in [0, 0.05) is 16.8 Å². The summed E-state index contributed by atoms with van der Waals surface area (Å²) < 4.78 is 5.83. The Kier molecular flexibility index (Phi) is 6.12. The fourth-order valence-electron chi connectivity index (χ4n) is 3.36. The number of fused-ring (bicyclic) bond motifs is 1. The second-order valence-corrected chi connectivity index (χ2v) is 7.39. The highest BCUT2D eigenvalue weighted by molar-refractivity contribution is 6.30. The minimum absolute atomic E-state index is 0.298. The number of rotatable bonds is 7. The average molecular weight is 421 g/mol. The van der Waals surface area contributed by atoms with E-state index in [-0.39, 0.29) is 0 Å². The first-order valence-electron chi connectivity index (χ1n) is 9.82. The van der Waals surface area contributed by atoms with Crippen LogP contribution in [-0.4, -0.2) is 15.2 Å². The summed E-state index contributed by atoms with van der Waals surface area (Å²) in [6, 6.07) is 18.9. The van der Waals surface area contributed by atoms with Crippen molar-refractivity contribution in [3.05, 3.63) is 77.6 Å². The van der Waals surface area contributed by atoms with Crippen LogP contribution in [0.4, 0.5) is 0 Å². The predicted octanol–water partition coefficient (Wildman–Crippen LogP) is 6.94. The summed E-state index contributed by atoms with van der Waals surface area (Å²) in [5, 5.41) is 11.7. The Balaban J connectivity index is 1.77. The quantitative estimate of drug-likeness (QED) is 0.259. The van der Waals surface area contributed by atoms with Crippen molar-refractivity contribution in [2.24, 2.45) is 0 Å². The highest BCUT2D eigenvalue weighted by Crippen LogP contribution is 2.34. The van der Waals surface area contributed by atoms with Gasteiger partial charge in [-0.3, -0.25) is 0 Å². The molecule has 4 aromatic rings. The van der Waals surface area contributed by atoms with Crippen molar-refractivity contribution < 1.29 is 14.9 Å². The minimum atomic E-state index is 0.298. The van der Waals surface area contributed by atoms with Crippen LogP contribution in [0, 0.1) is 0 Å². The molecular weight excluding hydrogens is 400 g/mol. The molecule has 1 heterocycles. The molecule has 4 rings (SSSR count). The van der Waals surface area contributed by atoms with E-state index in [9.17, 15) is 0 Å². The zero-order valence-corrected chi connectivity index (χ0v) is 17.3. The van der Waals surface area contributed by atoms with Gasteiger partial charge < -0.3 is 9.62 Å². The van der Waals surface area contributed by atoms with E-state index in [1.54, 1.807) is 36.5 Å². The molecule has 0 radical (unpaired) electrons. The van der Waals surface area contributed by atoms with E-state index in [4.69, 9.17) is 26.6 Å². The lowest BCUT2D eigenvalue weighted by molar-refractivity contribution is -0.137. The van der Waals surface area contributed by atoms with Crippen LogP contribution in [0.2, 0.25) is 5.02 Å². The highest BCUT2D eigenvalue weighted by Gasteiger charge is 2.14. The maximum Gasteiger partial charge on any atom is 0.322 e. The lowest BCUT2D eigenvalue weighted by Gasteiger charge is -2.13. The number of ether oxygens (including phenoxy) is 1. The molecule has 3 aromatic carbocycles. The number of aryl methyl sites for hydroxylation is 1. The van der Waals surface area contributed by atoms with Crippen molar-refractivity contribution in [2.45, 2.75) is 26.2 Å². The second-order valence-electron chi connectivity index (χ2n) is 6.95. The van der Waals surface area contributed by atoms with Crippen molar-refractivity contribution in [3.63, 3.8) is 0 Å². The Morgan fingerprint density at radius 3 is 2.53 bits per heavy atom. The summed E-state index contributed by atoms with van der Waals surface area (Å²) >= 11 is 5.94. The molecule has 0 saturated carbocycles. The van der Waals surface area contributed by atoms with Gasteiger partial charge in [-0.1, -0.05) is 49.2 Å². The molecule has 0 bridgehead atoms. The fraction of sp³-hybridized carbons (Fsp3) is 0.167. The number of benzene rings is 3. The standard InChI is InChI=1S/C24H21ClN2O3/c1-2-3-7-23-22(15-26-24(27-23)29-18-12-9-17(25)10-13-18)20-6-4-5-16-8-11-19(30-28)14-21(16)20/h4-6,8-15,28H,2-3,7H2,1H3. The number of hydrogen-bond acceptors (Lipinski definition) is 5. The summed E-state index contributed by atoms with van der Waals surface area (Å²) in [5.41, 5.74) is 2.83. The van der Waals surface area contributed by atoms with Crippen LogP contribution in [-0.2, 0) is 6.42 Å². The summed E-state index contributed by atoms with van der Waals surface area (Å²) in [5.74, 6) is 1.01. The molecule has 0 fully saturated rings. The van der Waals surface area contributed by atoms with Crippen molar-refractivity contribution in [1.82, 2.24) is 9.97 Å². The highest BCUT2D eigenvalue weighted by atomic mass is 35.5. The largest absolute Gasteiger partial charge is 0.424 e. The molecule has 0 aliphatic rings. The molecule has 0 atom stereocenters. The van der Waals surface area contributed by atoms with Gasteiger partial charge >= 0.3 is 6.01 Å². The lowest BCUT2D eigenvalue weighted by atomic mass is 9.96. The van der Waals surface area contributed by atoms with E-state index in [0.29, 0.717) is 22.5 Å². The molecule has 5 nitrogen and oxygen atoms in total. The Hall–Kier alpha value is -3.15. The van der Waals surface area contributed by atoms with Gasteiger partial charge in [0.25, 0.3) is 0 Å². The van der Waals surface area contributed by atoms with Gasteiger partial charge in [-0.2, -0.15) is 4.98 Å². The third-order valence-electron chi connectivity index (χ3n) is 4.88. The average Bonchev–Trinajstić information content (AvgIpc) is 2.78. The Morgan fingerprint density at radius 2 is 1.77 bits per heavy atom. The molecule has 30 heavy (non-hydrogen) atoms. The van der Waals surface area contributed by atoms with Crippen molar-refractivity contribution in [1.29, 1.82) is 0 Å². The van der Waals surface area contributed by atoms with Gasteiger partial charge in [-0.25, -0.2) is 10.2 Å². The van der Waals surface area contributed by atoms with Crippen LogP contribution >= 0.6 is 11.6 Å². The molecule has 0 unspecified atom stereocenters. The molecule has 0 spiro atoms. The number of halogens is 1. The molecule has 1 N–H and O–H groups in total. The summed E-state index contributed by atoms with van der Waals surface area (Å²) in [4.78, 5) is 13.6. The van der Waals surface area contributed by atoms with Gasteiger partial charge in [-0.15, -0.1) is 0 Å². The smallest absolute Gasteiger partial charge is 0.322 e. The van der Waals surface area contributed by atoms with Crippen LogP contribution in [0.15, 0.2) is 66.9 Å².